The summed E-state index contributed by atoms with van der Waals surface area (Å²) in [5, 5.41) is 9.74. The van der Waals surface area contributed by atoms with Crippen molar-refractivity contribution in [3.63, 3.8) is 0 Å². The number of carbonyl (C=O) groups excluding carboxylic acids is 2. The summed E-state index contributed by atoms with van der Waals surface area (Å²) in [6, 6.07) is 2.00. The SMILES string of the molecule is Cc1cc(C)n(CCNC(=O)C2CC(=O)N(c3nccs3)C2)n1. The lowest BCUT2D eigenvalue weighted by Crippen LogP contribution is -2.35. The van der Waals surface area contributed by atoms with Gasteiger partial charge in [0.15, 0.2) is 5.13 Å². The second kappa shape index (κ2) is 6.49. The van der Waals surface area contributed by atoms with E-state index in [2.05, 4.69) is 15.4 Å². The van der Waals surface area contributed by atoms with Crippen molar-refractivity contribution < 1.29 is 9.59 Å². The quantitative estimate of drug-likeness (QED) is 0.889. The van der Waals surface area contributed by atoms with Gasteiger partial charge in [-0.3, -0.25) is 19.2 Å². The largest absolute Gasteiger partial charge is 0.354 e. The molecule has 0 saturated carbocycles. The molecule has 122 valence electrons. The molecule has 7 nitrogen and oxygen atoms in total. The molecular formula is C15H19N5O2S. The van der Waals surface area contributed by atoms with Gasteiger partial charge in [0.25, 0.3) is 0 Å². The number of anilines is 1. The van der Waals surface area contributed by atoms with Crippen LogP contribution in [-0.2, 0) is 16.1 Å². The number of hydrogen-bond acceptors (Lipinski definition) is 5. The van der Waals surface area contributed by atoms with Gasteiger partial charge in [-0.1, -0.05) is 0 Å². The van der Waals surface area contributed by atoms with Gasteiger partial charge in [-0.15, -0.1) is 11.3 Å². The van der Waals surface area contributed by atoms with Gasteiger partial charge in [0.05, 0.1) is 18.2 Å². The van der Waals surface area contributed by atoms with Crippen LogP contribution in [0.1, 0.15) is 17.8 Å². The van der Waals surface area contributed by atoms with Crippen LogP contribution < -0.4 is 10.2 Å². The summed E-state index contributed by atoms with van der Waals surface area (Å²) < 4.78 is 1.87. The number of aromatic nitrogens is 3. The third kappa shape index (κ3) is 3.42. The summed E-state index contributed by atoms with van der Waals surface area (Å²) in [6.45, 7) is 5.46. The Morgan fingerprint density at radius 2 is 2.30 bits per heavy atom. The molecule has 1 unspecified atom stereocenters. The molecule has 3 heterocycles. The molecule has 0 radical (unpaired) electrons. The van der Waals surface area contributed by atoms with Crippen LogP contribution in [0, 0.1) is 19.8 Å². The maximum atomic E-state index is 12.2. The first kappa shape index (κ1) is 15.7. The highest BCUT2D eigenvalue weighted by Gasteiger charge is 2.35. The fourth-order valence-electron chi connectivity index (χ4n) is 2.75. The first-order chi connectivity index (χ1) is 11.0. The highest BCUT2D eigenvalue weighted by molar-refractivity contribution is 7.13. The minimum absolute atomic E-state index is 0.0429. The van der Waals surface area contributed by atoms with Gasteiger partial charge in [-0.2, -0.15) is 5.10 Å². The van der Waals surface area contributed by atoms with Gasteiger partial charge in [0, 0.05) is 36.8 Å². The Balaban J connectivity index is 1.51. The van der Waals surface area contributed by atoms with Crippen LogP contribution in [-0.4, -0.2) is 39.7 Å². The van der Waals surface area contributed by atoms with Crippen molar-refractivity contribution in [1.29, 1.82) is 0 Å². The summed E-state index contributed by atoms with van der Waals surface area (Å²) in [4.78, 5) is 30.0. The van der Waals surface area contributed by atoms with Crippen LogP contribution in [0.5, 0.6) is 0 Å². The molecule has 1 aliphatic heterocycles. The average molecular weight is 333 g/mol. The van der Waals surface area contributed by atoms with E-state index in [1.165, 1.54) is 11.3 Å². The Labute approximate surface area is 138 Å². The summed E-state index contributed by atoms with van der Waals surface area (Å²) in [5.41, 5.74) is 2.04. The molecule has 8 heteroatoms. The number of rotatable bonds is 5. The smallest absolute Gasteiger partial charge is 0.229 e. The van der Waals surface area contributed by atoms with Crippen LogP contribution in [0.3, 0.4) is 0 Å². The zero-order chi connectivity index (χ0) is 16.4. The van der Waals surface area contributed by atoms with E-state index in [1.54, 1.807) is 11.1 Å². The maximum Gasteiger partial charge on any atom is 0.229 e. The first-order valence-electron chi connectivity index (χ1n) is 7.53. The van der Waals surface area contributed by atoms with Crippen molar-refractivity contribution in [1.82, 2.24) is 20.1 Å². The van der Waals surface area contributed by atoms with Crippen LogP contribution >= 0.6 is 11.3 Å². The normalized spacial score (nSPS) is 17.7. The predicted octanol–water partition coefficient (Wildman–Crippen LogP) is 1.13. The molecule has 2 aromatic rings. The third-order valence-electron chi connectivity index (χ3n) is 3.87. The number of aryl methyl sites for hydroxylation is 2. The van der Waals surface area contributed by atoms with Crippen LogP contribution in [0.25, 0.3) is 0 Å². The molecule has 1 fully saturated rings. The zero-order valence-electron chi connectivity index (χ0n) is 13.2. The zero-order valence-corrected chi connectivity index (χ0v) is 14.0. The molecule has 1 N–H and O–H groups in total. The molecule has 3 rings (SSSR count). The summed E-state index contributed by atoms with van der Waals surface area (Å²) in [7, 11) is 0. The van der Waals surface area contributed by atoms with E-state index in [-0.39, 0.29) is 24.2 Å². The van der Waals surface area contributed by atoms with Crippen LogP contribution in [0.4, 0.5) is 5.13 Å². The molecule has 0 aromatic carbocycles. The Morgan fingerprint density at radius 3 is 2.96 bits per heavy atom. The topological polar surface area (TPSA) is 80.1 Å². The third-order valence-corrected chi connectivity index (χ3v) is 4.67. The highest BCUT2D eigenvalue weighted by atomic mass is 32.1. The number of amides is 2. The molecule has 1 atom stereocenters. The predicted molar refractivity (Wildman–Crippen MR) is 87.3 cm³/mol. The van der Waals surface area contributed by atoms with E-state index >= 15 is 0 Å². The molecule has 2 aromatic heterocycles. The number of hydrogen-bond donors (Lipinski definition) is 1. The number of nitrogens with zero attached hydrogens (tertiary/aromatic N) is 4. The molecule has 0 spiro atoms. The fraction of sp³-hybridized carbons (Fsp3) is 0.467. The van der Waals surface area contributed by atoms with E-state index in [0.717, 1.165) is 11.4 Å². The van der Waals surface area contributed by atoms with Crippen molar-refractivity contribution in [2.75, 3.05) is 18.0 Å². The van der Waals surface area contributed by atoms with Crippen LogP contribution in [0.15, 0.2) is 17.6 Å². The van der Waals surface area contributed by atoms with E-state index in [1.807, 2.05) is 30.0 Å². The van der Waals surface area contributed by atoms with Crippen molar-refractivity contribution in [3.8, 4) is 0 Å². The molecule has 0 bridgehead atoms. The maximum absolute atomic E-state index is 12.2. The van der Waals surface area contributed by atoms with Crippen molar-refractivity contribution in [2.24, 2.45) is 5.92 Å². The Hall–Kier alpha value is -2.22. The molecule has 23 heavy (non-hydrogen) atoms. The lowest BCUT2D eigenvalue weighted by atomic mass is 10.1. The first-order valence-corrected chi connectivity index (χ1v) is 8.41. The number of thiazole rings is 1. The minimum atomic E-state index is -0.313. The molecular weight excluding hydrogens is 314 g/mol. The van der Waals surface area contributed by atoms with E-state index in [0.29, 0.717) is 24.8 Å². The fourth-order valence-corrected chi connectivity index (χ4v) is 3.42. The summed E-state index contributed by atoms with van der Waals surface area (Å²) in [5.74, 6) is -0.440. The van der Waals surface area contributed by atoms with E-state index in [9.17, 15) is 9.59 Å². The van der Waals surface area contributed by atoms with Crippen LogP contribution in [0.2, 0.25) is 0 Å². The second-order valence-corrected chi connectivity index (χ2v) is 6.53. The minimum Gasteiger partial charge on any atom is -0.354 e. The van der Waals surface area contributed by atoms with Gasteiger partial charge < -0.3 is 5.32 Å². The Morgan fingerprint density at radius 1 is 1.48 bits per heavy atom. The lowest BCUT2D eigenvalue weighted by Gasteiger charge is -2.13. The molecule has 2 amide bonds. The average Bonchev–Trinajstić information content (AvgIpc) is 3.20. The number of carbonyl (C=O) groups is 2. The van der Waals surface area contributed by atoms with Gasteiger partial charge >= 0.3 is 0 Å². The van der Waals surface area contributed by atoms with Crippen molar-refractivity contribution in [2.45, 2.75) is 26.8 Å². The van der Waals surface area contributed by atoms with E-state index in [4.69, 9.17) is 0 Å². The second-order valence-electron chi connectivity index (χ2n) is 5.66. The Bertz CT molecular complexity index is 710. The van der Waals surface area contributed by atoms with Gasteiger partial charge in [-0.05, 0) is 19.9 Å². The molecule has 1 aliphatic rings. The van der Waals surface area contributed by atoms with Gasteiger partial charge in [0.1, 0.15) is 0 Å². The van der Waals surface area contributed by atoms with Crippen molar-refractivity contribution >= 4 is 28.3 Å². The number of nitrogens with one attached hydrogen (secondary N) is 1. The monoisotopic (exact) mass is 333 g/mol. The molecule has 0 aliphatic carbocycles. The summed E-state index contributed by atoms with van der Waals surface area (Å²) >= 11 is 1.41. The standard InChI is InChI=1S/C15H19N5O2S/c1-10-7-11(2)20(18-10)5-3-16-14(22)12-8-13(21)19(9-12)15-17-4-6-23-15/h4,6-7,12H,3,5,8-9H2,1-2H3,(H,16,22). The lowest BCUT2D eigenvalue weighted by molar-refractivity contribution is -0.126. The van der Waals surface area contributed by atoms with E-state index < -0.39 is 0 Å². The van der Waals surface area contributed by atoms with Crippen molar-refractivity contribution in [3.05, 3.63) is 29.0 Å². The summed E-state index contributed by atoms with van der Waals surface area (Å²) in [6.07, 6.45) is 1.90. The van der Waals surface area contributed by atoms with Gasteiger partial charge in [-0.25, -0.2) is 4.98 Å². The highest BCUT2D eigenvalue weighted by Crippen LogP contribution is 2.26. The molecule has 1 saturated heterocycles. The van der Waals surface area contributed by atoms with Gasteiger partial charge in [0.2, 0.25) is 11.8 Å². The Kier molecular flexibility index (Phi) is 4.42.